The Morgan fingerprint density at radius 3 is 2.14 bits per heavy atom. The van der Waals surface area contributed by atoms with Crippen molar-refractivity contribution >= 4 is 23.3 Å². The predicted molar refractivity (Wildman–Crippen MR) is 138 cm³/mol. The van der Waals surface area contributed by atoms with Gasteiger partial charge in [-0.3, -0.25) is 9.59 Å². The first-order chi connectivity index (χ1) is 16.8. The molecule has 0 fully saturated rings. The van der Waals surface area contributed by atoms with E-state index in [0.29, 0.717) is 22.8 Å². The summed E-state index contributed by atoms with van der Waals surface area (Å²) >= 11 is 0. The number of hydrogen-bond acceptors (Lipinski definition) is 4. The normalized spacial score (nSPS) is 10.7. The quantitative estimate of drug-likeness (QED) is 0.381. The zero-order chi connectivity index (χ0) is 25.1. The van der Waals surface area contributed by atoms with Crippen LogP contribution in [0.2, 0.25) is 0 Å². The zero-order valence-electron chi connectivity index (χ0n) is 20.5. The minimum absolute atomic E-state index is 0.192. The molecule has 0 atom stereocenters. The van der Waals surface area contributed by atoms with E-state index in [4.69, 9.17) is 9.84 Å². The van der Waals surface area contributed by atoms with Crippen molar-refractivity contribution in [1.29, 1.82) is 0 Å². The number of aromatic nitrogens is 2. The number of methoxy groups -OCH3 is 1. The predicted octanol–water partition coefficient (Wildman–Crippen LogP) is 5.68. The summed E-state index contributed by atoms with van der Waals surface area (Å²) in [5.74, 6) is 0.735. The van der Waals surface area contributed by atoms with E-state index in [1.54, 1.807) is 36.1 Å². The van der Waals surface area contributed by atoms with Crippen LogP contribution in [0.3, 0.4) is 0 Å². The summed E-state index contributed by atoms with van der Waals surface area (Å²) in [5.41, 5.74) is 6.59. The molecule has 2 N–H and O–H groups in total. The molecule has 178 valence electrons. The molecule has 0 bridgehead atoms. The second-order valence-corrected chi connectivity index (χ2v) is 8.47. The third-order valence-corrected chi connectivity index (χ3v) is 5.67. The molecular weight excluding hydrogens is 440 g/mol. The fourth-order valence-corrected chi connectivity index (χ4v) is 3.93. The Morgan fingerprint density at radius 1 is 0.857 bits per heavy atom. The molecule has 7 heteroatoms. The van der Waals surface area contributed by atoms with Crippen LogP contribution in [0.25, 0.3) is 16.8 Å². The van der Waals surface area contributed by atoms with Gasteiger partial charge in [0, 0.05) is 18.1 Å². The van der Waals surface area contributed by atoms with Gasteiger partial charge in [0.15, 0.2) is 0 Å². The van der Waals surface area contributed by atoms with E-state index >= 15 is 0 Å². The maximum absolute atomic E-state index is 12.9. The number of ether oxygens (including phenoxy) is 1. The van der Waals surface area contributed by atoms with Gasteiger partial charge in [0.2, 0.25) is 5.91 Å². The van der Waals surface area contributed by atoms with E-state index in [0.717, 1.165) is 33.6 Å². The standard InChI is InChI=1S/C28H28N4O3/c1-17-6-9-21(10-7-17)26-19(3)31-32(27(26)29-20(4)33)23-13-11-22(12-14-23)28(34)30-24-16-18(2)8-15-25(24)35-5/h6-16H,1-5H3,(H,29,33)(H,30,34). The van der Waals surface area contributed by atoms with Crippen molar-refractivity contribution in [3.8, 4) is 22.6 Å². The third-order valence-electron chi connectivity index (χ3n) is 5.67. The van der Waals surface area contributed by atoms with Crippen molar-refractivity contribution in [3.05, 3.63) is 89.1 Å². The van der Waals surface area contributed by atoms with Gasteiger partial charge in [-0.1, -0.05) is 35.9 Å². The van der Waals surface area contributed by atoms with E-state index < -0.39 is 0 Å². The number of aryl methyl sites for hydroxylation is 3. The fourth-order valence-electron chi connectivity index (χ4n) is 3.93. The second-order valence-electron chi connectivity index (χ2n) is 8.47. The van der Waals surface area contributed by atoms with Crippen LogP contribution in [0.15, 0.2) is 66.7 Å². The number of nitrogens with zero attached hydrogens (tertiary/aromatic N) is 2. The third kappa shape index (κ3) is 5.09. The van der Waals surface area contributed by atoms with Crippen LogP contribution in [-0.2, 0) is 4.79 Å². The highest BCUT2D eigenvalue weighted by atomic mass is 16.5. The van der Waals surface area contributed by atoms with Crippen LogP contribution in [0.1, 0.15) is 34.1 Å². The summed E-state index contributed by atoms with van der Waals surface area (Å²) in [6, 6.07) is 20.8. The minimum Gasteiger partial charge on any atom is -0.495 e. The number of nitrogens with one attached hydrogen (secondary N) is 2. The number of benzene rings is 3. The van der Waals surface area contributed by atoms with Crippen LogP contribution in [0, 0.1) is 20.8 Å². The van der Waals surface area contributed by atoms with Gasteiger partial charge in [0.1, 0.15) is 11.6 Å². The number of carbonyl (C=O) groups is 2. The van der Waals surface area contributed by atoms with E-state index in [2.05, 4.69) is 10.6 Å². The summed E-state index contributed by atoms with van der Waals surface area (Å²) in [6.07, 6.45) is 0. The van der Waals surface area contributed by atoms with Gasteiger partial charge in [-0.05, 0) is 68.3 Å². The van der Waals surface area contributed by atoms with Gasteiger partial charge in [-0.15, -0.1) is 0 Å². The molecule has 0 unspecified atom stereocenters. The number of carbonyl (C=O) groups excluding carboxylic acids is 2. The fraction of sp³-hybridized carbons (Fsp3) is 0.179. The Morgan fingerprint density at radius 2 is 1.51 bits per heavy atom. The largest absolute Gasteiger partial charge is 0.495 e. The molecule has 0 saturated carbocycles. The van der Waals surface area contributed by atoms with Gasteiger partial charge in [0.05, 0.1) is 24.2 Å². The van der Waals surface area contributed by atoms with Gasteiger partial charge >= 0.3 is 0 Å². The first kappa shape index (κ1) is 23.8. The van der Waals surface area contributed by atoms with E-state index in [-0.39, 0.29) is 11.8 Å². The maximum Gasteiger partial charge on any atom is 0.255 e. The average molecular weight is 469 g/mol. The van der Waals surface area contributed by atoms with Crippen molar-refractivity contribution in [2.45, 2.75) is 27.7 Å². The van der Waals surface area contributed by atoms with Crippen molar-refractivity contribution < 1.29 is 14.3 Å². The molecule has 0 aliphatic rings. The Hall–Kier alpha value is -4.39. The Kier molecular flexibility index (Phi) is 6.68. The Balaban J connectivity index is 1.67. The minimum atomic E-state index is -0.250. The molecule has 7 nitrogen and oxygen atoms in total. The van der Waals surface area contributed by atoms with Crippen LogP contribution >= 0.6 is 0 Å². The van der Waals surface area contributed by atoms with E-state index in [9.17, 15) is 9.59 Å². The van der Waals surface area contributed by atoms with Gasteiger partial charge in [0.25, 0.3) is 5.91 Å². The number of amides is 2. The molecule has 1 aromatic heterocycles. The zero-order valence-corrected chi connectivity index (χ0v) is 20.5. The summed E-state index contributed by atoms with van der Waals surface area (Å²) in [5, 5.41) is 10.5. The molecule has 0 radical (unpaired) electrons. The van der Waals surface area contributed by atoms with Gasteiger partial charge in [-0.25, -0.2) is 4.68 Å². The summed E-state index contributed by atoms with van der Waals surface area (Å²) in [4.78, 5) is 24.9. The highest BCUT2D eigenvalue weighted by Gasteiger charge is 2.19. The molecule has 0 aliphatic carbocycles. The monoisotopic (exact) mass is 468 g/mol. The number of anilines is 2. The lowest BCUT2D eigenvalue weighted by molar-refractivity contribution is -0.114. The molecule has 0 saturated heterocycles. The number of hydrogen-bond donors (Lipinski definition) is 2. The molecule has 3 aromatic carbocycles. The van der Waals surface area contributed by atoms with Crippen molar-refractivity contribution in [2.75, 3.05) is 17.7 Å². The smallest absolute Gasteiger partial charge is 0.255 e. The van der Waals surface area contributed by atoms with E-state index in [1.165, 1.54) is 6.92 Å². The van der Waals surface area contributed by atoms with Crippen molar-refractivity contribution in [2.24, 2.45) is 0 Å². The summed E-state index contributed by atoms with van der Waals surface area (Å²) in [6.45, 7) is 7.36. The van der Waals surface area contributed by atoms with Crippen LogP contribution in [-0.4, -0.2) is 28.7 Å². The molecule has 4 aromatic rings. The Bertz CT molecular complexity index is 1390. The summed E-state index contributed by atoms with van der Waals surface area (Å²) < 4.78 is 7.05. The molecule has 2 amide bonds. The first-order valence-electron chi connectivity index (χ1n) is 11.3. The van der Waals surface area contributed by atoms with Crippen LogP contribution < -0.4 is 15.4 Å². The number of rotatable bonds is 6. The Labute approximate surface area is 204 Å². The molecule has 4 rings (SSSR count). The first-order valence-corrected chi connectivity index (χ1v) is 11.3. The van der Waals surface area contributed by atoms with Crippen LogP contribution in [0.5, 0.6) is 5.75 Å². The highest BCUT2D eigenvalue weighted by molar-refractivity contribution is 6.05. The summed E-state index contributed by atoms with van der Waals surface area (Å²) in [7, 11) is 1.57. The molecule has 0 aliphatic heterocycles. The molecular formula is C28H28N4O3. The van der Waals surface area contributed by atoms with Crippen LogP contribution in [0.4, 0.5) is 11.5 Å². The lowest BCUT2D eigenvalue weighted by Crippen LogP contribution is -2.14. The van der Waals surface area contributed by atoms with E-state index in [1.807, 2.05) is 63.2 Å². The van der Waals surface area contributed by atoms with Gasteiger partial charge < -0.3 is 15.4 Å². The lowest BCUT2D eigenvalue weighted by Gasteiger charge is -2.12. The van der Waals surface area contributed by atoms with Gasteiger partial charge in [-0.2, -0.15) is 5.10 Å². The molecule has 35 heavy (non-hydrogen) atoms. The van der Waals surface area contributed by atoms with Crippen molar-refractivity contribution in [1.82, 2.24) is 9.78 Å². The lowest BCUT2D eigenvalue weighted by atomic mass is 10.0. The highest BCUT2D eigenvalue weighted by Crippen LogP contribution is 2.34. The molecule has 1 heterocycles. The second kappa shape index (κ2) is 9.85. The maximum atomic E-state index is 12.9. The SMILES string of the molecule is COc1ccc(C)cc1NC(=O)c1ccc(-n2nc(C)c(-c3ccc(C)cc3)c2NC(C)=O)cc1. The molecule has 0 spiro atoms. The average Bonchev–Trinajstić information content (AvgIpc) is 3.15. The van der Waals surface area contributed by atoms with Crippen molar-refractivity contribution in [3.63, 3.8) is 0 Å². The topological polar surface area (TPSA) is 85.2 Å².